The van der Waals surface area contributed by atoms with Gasteiger partial charge >= 0.3 is 0 Å². The Morgan fingerprint density at radius 2 is 1.92 bits per heavy atom. The molecule has 0 atom stereocenters. The molecule has 0 unspecified atom stereocenters. The number of rotatable bonds is 5. The van der Waals surface area contributed by atoms with Crippen molar-refractivity contribution in [3.8, 4) is 0 Å². The highest BCUT2D eigenvalue weighted by atomic mass is 16.5. The van der Waals surface area contributed by atoms with Crippen LogP contribution in [-0.2, 0) is 4.74 Å². The highest BCUT2D eigenvalue weighted by molar-refractivity contribution is 4.98. The lowest BCUT2D eigenvalue weighted by Crippen LogP contribution is -2.37. The summed E-state index contributed by atoms with van der Waals surface area (Å²) in [6.45, 7) is 15.9. The summed E-state index contributed by atoms with van der Waals surface area (Å²) in [7, 11) is 0. The molecule has 0 aliphatic carbocycles. The van der Waals surface area contributed by atoms with E-state index in [1.807, 2.05) is 13.8 Å². The first kappa shape index (κ1) is 12.7. The zero-order valence-corrected chi connectivity index (χ0v) is 9.61. The van der Waals surface area contributed by atoms with Gasteiger partial charge in [0, 0.05) is 12.1 Å². The van der Waals surface area contributed by atoms with Crippen LogP contribution in [0.4, 0.5) is 0 Å². The third-order valence-corrected chi connectivity index (χ3v) is 1.49. The molecule has 0 aromatic heterocycles. The summed E-state index contributed by atoms with van der Waals surface area (Å²) >= 11 is 0. The molecule has 0 saturated carbocycles. The maximum Gasteiger partial charge on any atom is 0.0689 e. The molecular weight excluding hydrogens is 162 g/mol. The Balaban J connectivity index is 3.53. The van der Waals surface area contributed by atoms with E-state index in [2.05, 4.69) is 32.7 Å². The van der Waals surface area contributed by atoms with Crippen LogP contribution < -0.4 is 5.32 Å². The van der Waals surface area contributed by atoms with Crippen molar-refractivity contribution in [2.24, 2.45) is 0 Å². The molecule has 13 heavy (non-hydrogen) atoms. The highest BCUT2D eigenvalue weighted by Gasteiger charge is 2.08. The maximum atomic E-state index is 5.43. The fourth-order valence-electron chi connectivity index (χ4n) is 0.726. The molecule has 0 heterocycles. The Morgan fingerprint density at radius 1 is 1.38 bits per heavy atom. The zero-order valence-electron chi connectivity index (χ0n) is 9.61. The average Bonchev–Trinajstić information content (AvgIpc) is 1.95. The molecule has 0 fully saturated rings. The van der Waals surface area contributed by atoms with Crippen molar-refractivity contribution in [2.45, 2.75) is 46.3 Å². The minimum Gasteiger partial charge on any atom is -0.374 e. The fourth-order valence-corrected chi connectivity index (χ4v) is 0.726. The normalized spacial score (nSPS) is 12.2. The largest absolute Gasteiger partial charge is 0.374 e. The Bertz CT molecular complexity index is 156. The predicted molar refractivity (Wildman–Crippen MR) is 58.0 cm³/mol. The summed E-state index contributed by atoms with van der Waals surface area (Å²) in [5, 5.41) is 3.37. The molecule has 1 N–H and O–H groups in total. The standard InChI is InChI=1S/C11H23NO/c1-9(2)13-8-10(3)7-12-11(4,5)6/h9,12H,3,7-8H2,1-2,4-6H3. The van der Waals surface area contributed by atoms with E-state index in [0.29, 0.717) is 6.61 Å². The summed E-state index contributed by atoms with van der Waals surface area (Å²) in [5.41, 5.74) is 1.25. The first-order valence-electron chi connectivity index (χ1n) is 4.84. The van der Waals surface area contributed by atoms with Crippen LogP contribution in [0.3, 0.4) is 0 Å². The van der Waals surface area contributed by atoms with Gasteiger partial charge in [0.25, 0.3) is 0 Å². The van der Waals surface area contributed by atoms with Crippen molar-refractivity contribution < 1.29 is 4.74 Å². The van der Waals surface area contributed by atoms with Gasteiger partial charge in [-0.2, -0.15) is 0 Å². The van der Waals surface area contributed by atoms with Crippen molar-refractivity contribution in [3.05, 3.63) is 12.2 Å². The minimum absolute atomic E-state index is 0.154. The summed E-state index contributed by atoms with van der Waals surface area (Å²) in [5.74, 6) is 0. The summed E-state index contributed by atoms with van der Waals surface area (Å²) < 4.78 is 5.43. The zero-order chi connectivity index (χ0) is 10.5. The molecule has 2 nitrogen and oxygen atoms in total. The quantitative estimate of drug-likeness (QED) is 0.664. The fraction of sp³-hybridized carbons (Fsp3) is 0.818. The summed E-state index contributed by atoms with van der Waals surface area (Å²) in [6, 6.07) is 0. The third kappa shape index (κ3) is 9.57. The summed E-state index contributed by atoms with van der Waals surface area (Å²) in [6.07, 6.45) is 0.284. The van der Waals surface area contributed by atoms with Gasteiger partial charge in [0.05, 0.1) is 12.7 Å². The molecule has 0 spiro atoms. The van der Waals surface area contributed by atoms with Crippen molar-refractivity contribution in [2.75, 3.05) is 13.2 Å². The molecule has 0 bridgehead atoms. The van der Waals surface area contributed by atoms with Gasteiger partial charge in [0.1, 0.15) is 0 Å². The molecule has 0 saturated heterocycles. The SMILES string of the molecule is C=C(CNC(C)(C)C)COC(C)C. The third-order valence-electron chi connectivity index (χ3n) is 1.49. The molecule has 0 rings (SSSR count). The molecule has 0 aromatic carbocycles. The minimum atomic E-state index is 0.154. The van der Waals surface area contributed by atoms with E-state index in [-0.39, 0.29) is 11.6 Å². The second-order valence-corrected chi connectivity index (χ2v) is 4.71. The van der Waals surface area contributed by atoms with Crippen molar-refractivity contribution in [3.63, 3.8) is 0 Å². The Labute approximate surface area is 82.4 Å². The number of hydrogen-bond donors (Lipinski definition) is 1. The lowest BCUT2D eigenvalue weighted by Gasteiger charge is -2.21. The molecule has 0 aromatic rings. The van der Waals surface area contributed by atoms with Crippen LogP contribution in [0.2, 0.25) is 0 Å². The molecule has 0 aliphatic heterocycles. The van der Waals surface area contributed by atoms with Gasteiger partial charge in [-0.1, -0.05) is 6.58 Å². The number of ether oxygens (including phenoxy) is 1. The van der Waals surface area contributed by atoms with Crippen molar-refractivity contribution in [1.82, 2.24) is 5.32 Å². The second kappa shape index (κ2) is 5.40. The van der Waals surface area contributed by atoms with E-state index in [9.17, 15) is 0 Å². The van der Waals surface area contributed by atoms with Gasteiger partial charge in [0.2, 0.25) is 0 Å². The monoisotopic (exact) mass is 185 g/mol. The van der Waals surface area contributed by atoms with E-state index in [1.165, 1.54) is 0 Å². The van der Waals surface area contributed by atoms with Gasteiger partial charge in [-0.05, 0) is 40.2 Å². The van der Waals surface area contributed by atoms with Crippen LogP contribution >= 0.6 is 0 Å². The average molecular weight is 185 g/mol. The number of hydrogen-bond acceptors (Lipinski definition) is 2. The highest BCUT2D eigenvalue weighted by Crippen LogP contribution is 2.01. The van der Waals surface area contributed by atoms with Crippen LogP contribution in [0.5, 0.6) is 0 Å². The van der Waals surface area contributed by atoms with Crippen molar-refractivity contribution >= 4 is 0 Å². The van der Waals surface area contributed by atoms with Gasteiger partial charge in [0.15, 0.2) is 0 Å². The van der Waals surface area contributed by atoms with E-state index in [0.717, 1.165) is 12.1 Å². The summed E-state index contributed by atoms with van der Waals surface area (Å²) in [4.78, 5) is 0. The van der Waals surface area contributed by atoms with E-state index >= 15 is 0 Å². The Kier molecular flexibility index (Phi) is 5.26. The first-order valence-corrected chi connectivity index (χ1v) is 4.84. The van der Waals surface area contributed by atoms with Gasteiger partial charge in [-0.15, -0.1) is 0 Å². The molecule has 2 heteroatoms. The lowest BCUT2D eigenvalue weighted by molar-refractivity contribution is 0.0960. The van der Waals surface area contributed by atoms with Gasteiger partial charge in [-0.3, -0.25) is 0 Å². The smallest absolute Gasteiger partial charge is 0.0689 e. The Morgan fingerprint density at radius 3 is 2.31 bits per heavy atom. The molecular formula is C11H23NO. The van der Waals surface area contributed by atoms with E-state index < -0.39 is 0 Å². The molecule has 0 radical (unpaired) electrons. The predicted octanol–water partition coefficient (Wildman–Crippen LogP) is 2.36. The van der Waals surface area contributed by atoms with Crippen LogP contribution in [0, 0.1) is 0 Å². The van der Waals surface area contributed by atoms with Gasteiger partial charge in [-0.25, -0.2) is 0 Å². The van der Waals surface area contributed by atoms with Crippen molar-refractivity contribution in [1.29, 1.82) is 0 Å². The number of nitrogens with one attached hydrogen (secondary N) is 1. The van der Waals surface area contributed by atoms with Gasteiger partial charge < -0.3 is 10.1 Å². The Hall–Kier alpha value is -0.340. The lowest BCUT2D eigenvalue weighted by atomic mass is 10.1. The van der Waals surface area contributed by atoms with Crippen LogP contribution in [0.25, 0.3) is 0 Å². The van der Waals surface area contributed by atoms with Crippen LogP contribution in [-0.4, -0.2) is 24.8 Å². The van der Waals surface area contributed by atoms with E-state index in [1.54, 1.807) is 0 Å². The molecule has 78 valence electrons. The maximum absolute atomic E-state index is 5.43. The second-order valence-electron chi connectivity index (χ2n) is 4.71. The van der Waals surface area contributed by atoms with Crippen LogP contribution in [0.1, 0.15) is 34.6 Å². The van der Waals surface area contributed by atoms with Crippen LogP contribution in [0.15, 0.2) is 12.2 Å². The topological polar surface area (TPSA) is 21.3 Å². The molecule has 0 amide bonds. The molecule has 0 aliphatic rings. The van der Waals surface area contributed by atoms with E-state index in [4.69, 9.17) is 4.74 Å². The first-order chi connectivity index (χ1) is 5.81.